The zero-order valence-electron chi connectivity index (χ0n) is 13.7. The van der Waals surface area contributed by atoms with E-state index in [4.69, 9.17) is 0 Å². The van der Waals surface area contributed by atoms with Crippen LogP contribution in [0.3, 0.4) is 0 Å². The predicted octanol–water partition coefficient (Wildman–Crippen LogP) is 5.20. The fourth-order valence-corrected chi connectivity index (χ4v) is 2.61. The van der Waals surface area contributed by atoms with E-state index in [9.17, 15) is 10.1 Å². The number of rotatable bonds is 8. The molecule has 0 aliphatic rings. The van der Waals surface area contributed by atoms with Crippen molar-refractivity contribution in [1.29, 1.82) is 5.26 Å². The molecule has 0 heterocycles. The van der Waals surface area contributed by atoms with Gasteiger partial charge in [0.15, 0.2) is 5.78 Å². The van der Waals surface area contributed by atoms with E-state index in [-0.39, 0.29) is 11.7 Å². The van der Waals surface area contributed by atoms with E-state index < -0.39 is 5.92 Å². The van der Waals surface area contributed by atoms with E-state index in [0.717, 1.165) is 31.2 Å². The number of nitriles is 1. The first-order valence-electron chi connectivity index (χ1n) is 8.08. The fourth-order valence-electron chi connectivity index (χ4n) is 2.61. The lowest BCUT2D eigenvalue weighted by Crippen LogP contribution is -2.21. The van der Waals surface area contributed by atoms with E-state index in [1.807, 2.05) is 31.2 Å². The largest absolute Gasteiger partial charge is 0.298 e. The van der Waals surface area contributed by atoms with E-state index in [2.05, 4.69) is 26.8 Å². The molecule has 2 heteroatoms. The van der Waals surface area contributed by atoms with Crippen LogP contribution in [0.15, 0.2) is 24.3 Å². The van der Waals surface area contributed by atoms with Gasteiger partial charge in [-0.15, -0.1) is 0 Å². The van der Waals surface area contributed by atoms with Gasteiger partial charge in [0.1, 0.15) is 5.92 Å². The summed E-state index contributed by atoms with van der Waals surface area (Å²) in [6, 6.07) is 10.1. The lowest BCUT2D eigenvalue weighted by Gasteiger charge is -2.17. The highest BCUT2D eigenvalue weighted by Crippen LogP contribution is 2.26. The fraction of sp³-hybridized carbons (Fsp3) is 0.579. The van der Waals surface area contributed by atoms with E-state index in [0.29, 0.717) is 5.92 Å². The Morgan fingerprint density at radius 1 is 1.14 bits per heavy atom. The molecule has 0 spiro atoms. The van der Waals surface area contributed by atoms with Gasteiger partial charge < -0.3 is 0 Å². The van der Waals surface area contributed by atoms with Crippen LogP contribution in [0, 0.1) is 17.2 Å². The summed E-state index contributed by atoms with van der Waals surface area (Å²) in [6.45, 7) is 8.44. The summed E-state index contributed by atoms with van der Waals surface area (Å²) >= 11 is 0. The van der Waals surface area contributed by atoms with Crippen molar-refractivity contribution in [2.75, 3.05) is 0 Å². The smallest absolute Gasteiger partial charge is 0.157 e. The monoisotopic (exact) mass is 285 g/mol. The molecule has 1 aromatic carbocycles. The Balaban J connectivity index is 2.90. The summed E-state index contributed by atoms with van der Waals surface area (Å²) in [7, 11) is 0. The normalized spacial score (nSPS) is 13.7. The number of hydrogen-bond donors (Lipinski definition) is 0. The molecule has 1 aromatic rings. The van der Waals surface area contributed by atoms with Crippen LogP contribution in [-0.4, -0.2) is 5.78 Å². The highest BCUT2D eigenvalue weighted by Gasteiger charge is 2.26. The van der Waals surface area contributed by atoms with Crippen molar-refractivity contribution in [2.24, 2.45) is 5.92 Å². The van der Waals surface area contributed by atoms with Crippen LogP contribution in [0.2, 0.25) is 0 Å². The number of ketones is 1. The minimum absolute atomic E-state index is 0.0133. The van der Waals surface area contributed by atoms with Crippen LogP contribution in [0.5, 0.6) is 0 Å². The molecule has 0 N–H and O–H groups in total. The molecule has 0 saturated carbocycles. The number of unbranched alkanes of at least 4 members (excludes halogenated alkanes) is 1. The zero-order valence-corrected chi connectivity index (χ0v) is 13.7. The van der Waals surface area contributed by atoms with Gasteiger partial charge >= 0.3 is 0 Å². The van der Waals surface area contributed by atoms with Crippen LogP contribution < -0.4 is 0 Å². The van der Waals surface area contributed by atoms with Crippen molar-refractivity contribution in [3.63, 3.8) is 0 Å². The van der Waals surface area contributed by atoms with Crippen LogP contribution in [-0.2, 0) is 4.79 Å². The summed E-state index contributed by atoms with van der Waals surface area (Å²) in [6.07, 6.45) is 3.86. The van der Waals surface area contributed by atoms with Gasteiger partial charge in [-0.2, -0.15) is 5.26 Å². The minimum atomic E-state index is -0.618. The van der Waals surface area contributed by atoms with Gasteiger partial charge in [-0.25, -0.2) is 0 Å². The third kappa shape index (κ3) is 4.70. The third-order valence-electron chi connectivity index (χ3n) is 4.15. The van der Waals surface area contributed by atoms with Crippen LogP contribution >= 0.6 is 0 Å². The summed E-state index contributed by atoms with van der Waals surface area (Å²) in [4.78, 5) is 12.6. The van der Waals surface area contributed by atoms with Gasteiger partial charge in [-0.05, 0) is 29.9 Å². The van der Waals surface area contributed by atoms with Gasteiger partial charge in [-0.3, -0.25) is 4.79 Å². The highest BCUT2D eigenvalue weighted by atomic mass is 16.1. The number of carbonyl (C=O) groups excluding carboxylic acids is 1. The topological polar surface area (TPSA) is 40.9 Å². The van der Waals surface area contributed by atoms with Crippen LogP contribution in [0.25, 0.3) is 0 Å². The Hall–Kier alpha value is -1.62. The second-order valence-electron chi connectivity index (χ2n) is 6.03. The molecule has 0 amide bonds. The average Bonchev–Trinajstić information content (AvgIpc) is 2.49. The quantitative estimate of drug-likeness (QED) is 0.658. The Morgan fingerprint density at radius 2 is 1.71 bits per heavy atom. The standard InChI is InChI=1S/C19H27NO/c1-5-7-8-15(6-2)19(21)18(13-20)17-11-9-16(10-12-17)14(3)4/h9-12,14-15,18H,5-8H2,1-4H3. The van der Waals surface area contributed by atoms with Crippen LogP contribution in [0.1, 0.15) is 76.3 Å². The molecule has 0 radical (unpaired) electrons. The molecule has 0 saturated heterocycles. The molecule has 0 aromatic heterocycles. The maximum Gasteiger partial charge on any atom is 0.157 e. The first-order valence-corrected chi connectivity index (χ1v) is 8.08. The Morgan fingerprint density at radius 3 is 2.14 bits per heavy atom. The van der Waals surface area contributed by atoms with E-state index in [1.165, 1.54) is 5.56 Å². The highest BCUT2D eigenvalue weighted by molar-refractivity contribution is 5.90. The first-order chi connectivity index (χ1) is 10.0. The number of Topliss-reactive ketones (excluding diaryl/α,β-unsaturated/α-hetero) is 1. The van der Waals surface area contributed by atoms with Crippen molar-refractivity contribution in [3.8, 4) is 6.07 Å². The van der Waals surface area contributed by atoms with Crippen molar-refractivity contribution in [1.82, 2.24) is 0 Å². The molecule has 0 fully saturated rings. The molecule has 1 rings (SSSR count). The third-order valence-corrected chi connectivity index (χ3v) is 4.15. The number of carbonyl (C=O) groups is 1. The van der Waals surface area contributed by atoms with Gasteiger partial charge in [0.25, 0.3) is 0 Å². The molecule has 0 aliphatic heterocycles. The summed E-state index contributed by atoms with van der Waals surface area (Å²) in [5.74, 6) is -0.0543. The zero-order chi connectivity index (χ0) is 15.8. The molecule has 2 unspecified atom stereocenters. The van der Waals surface area contributed by atoms with Crippen molar-refractivity contribution in [2.45, 2.75) is 65.2 Å². The maximum absolute atomic E-state index is 12.6. The lowest BCUT2D eigenvalue weighted by molar-refractivity contribution is -0.123. The van der Waals surface area contributed by atoms with Crippen molar-refractivity contribution < 1.29 is 4.79 Å². The molecular weight excluding hydrogens is 258 g/mol. The molecule has 2 nitrogen and oxygen atoms in total. The summed E-state index contributed by atoms with van der Waals surface area (Å²) in [5, 5.41) is 9.43. The second kappa shape index (κ2) is 8.62. The van der Waals surface area contributed by atoms with Crippen molar-refractivity contribution >= 4 is 5.78 Å². The van der Waals surface area contributed by atoms with Crippen LogP contribution in [0.4, 0.5) is 0 Å². The number of benzene rings is 1. The maximum atomic E-state index is 12.6. The average molecular weight is 285 g/mol. The molecule has 21 heavy (non-hydrogen) atoms. The minimum Gasteiger partial charge on any atom is -0.298 e. The van der Waals surface area contributed by atoms with Gasteiger partial charge in [0, 0.05) is 5.92 Å². The second-order valence-corrected chi connectivity index (χ2v) is 6.03. The molecule has 0 aliphatic carbocycles. The summed E-state index contributed by atoms with van der Waals surface area (Å²) < 4.78 is 0. The Kier molecular flexibility index (Phi) is 7.15. The Bertz CT molecular complexity index is 481. The SMILES string of the molecule is CCCCC(CC)C(=O)C(C#N)c1ccc(C(C)C)cc1. The summed E-state index contributed by atoms with van der Waals surface area (Å²) in [5.41, 5.74) is 2.07. The predicted molar refractivity (Wildman–Crippen MR) is 87.2 cm³/mol. The van der Waals surface area contributed by atoms with Gasteiger partial charge in [0.05, 0.1) is 6.07 Å². The first kappa shape index (κ1) is 17.4. The van der Waals surface area contributed by atoms with E-state index >= 15 is 0 Å². The number of nitrogens with zero attached hydrogens (tertiary/aromatic N) is 1. The molecule has 0 bridgehead atoms. The van der Waals surface area contributed by atoms with Gasteiger partial charge in [-0.1, -0.05) is 64.8 Å². The van der Waals surface area contributed by atoms with E-state index in [1.54, 1.807) is 0 Å². The molecule has 114 valence electrons. The lowest BCUT2D eigenvalue weighted by atomic mass is 9.84. The Labute approximate surface area is 129 Å². The van der Waals surface area contributed by atoms with Gasteiger partial charge in [0.2, 0.25) is 0 Å². The van der Waals surface area contributed by atoms with Crippen molar-refractivity contribution in [3.05, 3.63) is 35.4 Å². The molecule has 2 atom stereocenters. The molecular formula is C19H27NO. The number of hydrogen-bond acceptors (Lipinski definition) is 2.